The standard InChI is InChI=1S/C16H24N2O2/c1-15(2,3)20-14(19)18-13-7-5-4-6-12(13)10-16(11-17)8-9-16/h4-7H,8-11,17H2,1-3H3,(H,18,19). The van der Waals surface area contributed by atoms with Gasteiger partial charge in [0.05, 0.1) is 0 Å². The Hall–Kier alpha value is -1.55. The summed E-state index contributed by atoms with van der Waals surface area (Å²) < 4.78 is 5.29. The summed E-state index contributed by atoms with van der Waals surface area (Å²) in [7, 11) is 0. The fourth-order valence-corrected chi connectivity index (χ4v) is 2.24. The second kappa shape index (κ2) is 5.44. The van der Waals surface area contributed by atoms with Crippen molar-refractivity contribution in [2.45, 2.75) is 45.6 Å². The molecule has 0 heterocycles. The molecule has 1 saturated carbocycles. The van der Waals surface area contributed by atoms with E-state index in [4.69, 9.17) is 10.5 Å². The van der Waals surface area contributed by atoms with E-state index in [2.05, 4.69) is 5.32 Å². The molecule has 0 spiro atoms. The highest BCUT2D eigenvalue weighted by Crippen LogP contribution is 2.48. The number of nitrogens with two attached hydrogens (primary N) is 1. The smallest absolute Gasteiger partial charge is 0.412 e. The molecule has 1 aromatic rings. The van der Waals surface area contributed by atoms with E-state index in [-0.39, 0.29) is 5.41 Å². The molecule has 0 aromatic heterocycles. The van der Waals surface area contributed by atoms with Gasteiger partial charge in [0, 0.05) is 5.69 Å². The van der Waals surface area contributed by atoms with E-state index in [1.807, 2.05) is 45.0 Å². The average molecular weight is 276 g/mol. The van der Waals surface area contributed by atoms with Gasteiger partial charge >= 0.3 is 6.09 Å². The first-order valence-corrected chi connectivity index (χ1v) is 7.12. The van der Waals surface area contributed by atoms with Crippen molar-refractivity contribution in [1.82, 2.24) is 0 Å². The van der Waals surface area contributed by atoms with Gasteiger partial charge in [-0.05, 0) is 63.6 Å². The molecule has 1 amide bonds. The van der Waals surface area contributed by atoms with E-state index in [0.717, 1.165) is 17.7 Å². The van der Waals surface area contributed by atoms with Gasteiger partial charge in [0.25, 0.3) is 0 Å². The van der Waals surface area contributed by atoms with Gasteiger partial charge in [-0.25, -0.2) is 4.79 Å². The van der Waals surface area contributed by atoms with Crippen LogP contribution in [-0.4, -0.2) is 18.2 Å². The van der Waals surface area contributed by atoms with E-state index in [0.29, 0.717) is 6.54 Å². The molecule has 0 atom stereocenters. The lowest BCUT2D eigenvalue weighted by Gasteiger charge is -2.21. The maximum Gasteiger partial charge on any atom is 0.412 e. The van der Waals surface area contributed by atoms with Crippen LogP contribution in [0.25, 0.3) is 0 Å². The molecule has 4 heteroatoms. The quantitative estimate of drug-likeness (QED) is 0.886. The number of carbonyl (C=O) groups is 1. The van der Waals surface area contributed by atoms with E-state index in [1.165, 1.54) is 12.8 Å². The lowest BCUT2D eigenvalue weighted by Crippen LogP contribution is -2.27. The topological polar surface area (TPSA) is 64.3 Å². The summed E-state index contributed by atoms with van der Waals surface area (Å²) in [6, 6.07) is 7.86. The van der Waals surface area contributed by atoms with Gasteiger partial charge in [-0.1, -0.05) is 18.2 Å². The molecule has 1 aliphatic rings. The van der Waals surface area contributed by atoms with Gasteiger partial charge in [0.15, 0.2) is 0 Å². The SMILES string of the molecule is CC(C)(C)OC(=O)Nc1ccccc1CC1(CN)CC1. The molecule has 0 saturated heterocycles. The van der Waals surface area contributed by atoms with Crippen LogP contribution in [0.3, 0.4) is 0 Å². The molecule has 2 rings (SSSR count). The Balaban J connectivity index is 2.06. The summed E-state index contributed by atoms with van der Waals surface area (Å²) >= 11 is 0. The lowest BCUT2D eigenvalue weighted by molar-refractivity contribution is 0.0635. The summed E-state index contributed by atoms with van der Waals surface area (Å²) in [5.74, 6) is 0. The molecule has 0 unspecified atom stereocenters. The van der Waals surface area contributed by atoms with Gasteiger partial charge in [0.2, 0.25) is 0 Å². The third kappa shape index (κ3) is 3.97. The van der Waals surface area contributed by atoms with Crippen LogP contribution < -0.4 is 11.1 Å². The number of benzene rings is 1. The zero-order valence-corrected chi connectivity index (χ0v) is 12.5. The number of amides is 1. The van der Waals surface area contributed by atoms with Crippen LogP contribution in [0.15, 0.2) is 24.3 Å². The van der Waals surface area contributed by atoms with Crippen molar-refractivity contribution >= 4 is 11.8 Å². The third-order valence-corrected chi connectivity index (χ3v) is 3.61. The molecule has 0 bridgehead atoms. The first-order valence-electron chi connectivity index (χ1n) is 7.12. The van der Waals surface area contributed by atoms with Crippen molar-refractivity contribution < 1.29 is 9.53 Å². The van der Waals surface area contributed by atoms with Crippen LogP contribution >= 0.6 is 0 Å². The third-order valence-electron chi connectivity index (χ3n) is 3.61. The molecule has 0 aliphatic heterocycles. The number of carbonyl (C=O) groups excluding carboxylic acids is 1. The molecule has 3 N–H and O–H groups in total. The molecular weight excluding hydrogens is 252 g/mol. The minimum Gasteiger partial charge on any atom is -0.444 e. The van der Waals surface area contributed by atoms with Crippen LogP contribution in [0.2, 0.25) is 0 Å². The summed E-state index contributed by atoms with van der Waals surface area (Å²) in [5, 5.41) is 2.84. The van der Waals surface area contributed by atoms with Crippen molar-refractivity contribution in [3.8, 4) is 0 Å². The van der Waals surface area contributed by atoms with Crippen LogP contribution in [-0.2, 0) is 11.2 Å². The van der Waals surface area contributed by atoms with Crippen molar-refractivity contribution in [2.24, 2.45) is 11.1 Å². The van der Waals surface area contributed by atoms with Crippen molar-refractivity contribution in [1.29, 1.82) is 0 Å². The fraction of sp³-hybridized carbons (Fsp3) is 0.562. The van der Waals surface area contributed by atoms with Crippen LogP contribution in [0, 0.1) is 5.41 Å². The normalized spacial score (nSPS) is 16.6. The number of anilines is 1. The molecule has 4 nitrogen and oxygen atoms in total. The average Bonchev–Trinajstić information content (AvgIpc) is 3.10. The number of ether oxygens (including phenoxy) is 1. The van der Waals surface area contributed by atoms with Gasteiger partial charge in [-0.3, -0.25) is 5.32 Å². The Morgan fingerprint density at radius 2 is 2.00 bits per heavy atom. The van der Waals surface area contributed by atoms with E-state index in [9.17, 15) is 4.79 Å². The Kier molecular flexibility index (Phi) is 4.04. The highest BCUT2D eigenvalue weighted by Gasteiger charge is 2.41. The molecular formula is C16H24N2O2. The minimum absolute atomic E-state index is 0.242. The van der Waals surface area contributed by atoms with E-state index in [1.54, 1.807) is 0 Å². The van der Waals surface area contributed by atoms with Crippen LogP contribution in [0.4, 0.5) is 10.5 Å². The molecule has 1 fully saturated rings. The van der Waals surface area contributed by atoms with Gasteiger partial charge in [-0.2, -0.15) is 0 Å². The molecule has 20 heavy (non-hydrogen) atoms. The maximum absolute atomic E-state index is 11.9. The molecule has 110 valence electrons. The van der Waals surface area contributed by atoms with E-state index < -0.39 is 11.7 Å². The largest absolute Gasteiger partial charge is 0.444 e. The highest BCUT2D eigenvalue weighted by molar-refractivity contribution is 5.86. The van der Waals surface area contributed by atoms with Crippen molar-refractivity contribution in [3.63, 3.8) is 0 Å². The van der Waals surface area contributed by atoms with Crippen LogP contribution in [0.1, 0.15) is 39.2 Å². The zero-order chi connectivity index (χ0) is 14.8. The maximum atomic E-state index is 11.9. The zero-order valence-electron chi connectivity index (χ0n) is 12.5. The Labute approximate surface area is 120 Å². The summed E-state index contributed by atoms with van der Waals surface area (Å²) in [6.07, 6.45) is 2.84. The van der Waals surface area contributed by atoms with Gasteiger partial charge in [0.1, 0.15) is 5.60 Å². The minimum atomic E-state index is -0.492. The number of hydrogen-bond acceptors (Lipinski definition) is 3. The summed E-state index contributed by atoms with van der Waals surface area (Å²) in [4.78, 5) is 11.9. The first-order chi connectivity index (χ1) is 9.34. The summed E-state index contributed by atoms with van der Waals surface area (Å²) in [5.41, 5.74) is 7.54. The predicted octanol–water partition coefficient (Wildman–Crippen LogP) is 3.32. The second-order valence-electron chi connectivity index (χ2n) is 6.66. The molecule has 1 aromatic carbocycles. The molecule has 0 radical (unpaired) electrons. The summed E-state index contributed by atoms with van der Waals surface area (Å²) in [6.45, 7) is 6.26. The van der Waals surface area contributed by atoms with Crippen molar-refractivity contribution in [2.75, 3.05) is 11.9 Å². The number of hydrogen-bond donors (Lipinski definition) is 2. The highest BCUT2D eigenvalue weighted by atomic mass is 16.6. The van der Waals surface area contributed by atoms with Gasteiger partial charge < -0.3 is 10.5 Å². The fourth-order valence-electron chi connectivity index (χ4n) is 2.24. The van der Waals surface area contributed by atoms with Crippen molar-refractivity contribution in [3.05, 3.63) is 29.8 Å². The van der Waals surface area contributed by atoms with Gasteiger partial charge in [-0.15, -0.1) is 0 Å². The number of rotatable bonds is 4. The number of para-hydroxylation sites is 1. The molecule has 1 aliphatic carbocycles. The Morgan fingerprint density at radius 3 is 2.55 bits per heavy atom. The Morgan fingerprint density at radius 1 is 1.35 bits per heavy atom. The number of nitrogens with one attached hydrogen (secondary N) is 1. The van der Waals surface area contributed by atoms with E-state index >= 15 is 0 Å². The Bertz CT molecular complexity index is 487. The van der Waals surface area contributed by atoms with Crippen LogP contribution in [0.5, 0.6) is 0 Å². The lowest BCUT2D eigenvalue weighted by atomic mass is 9.95. The second-order valence-corrected chi connectivity index (χ2v) is 6.66. The predicted molar refractivity (Wildman–Crippen MR) is 80.7 cm³/mol. The monoisotopic (exact) mass is 276 g/mol. The first kappa shape index (κ1) is 14.9.